The molecule has 20 heavy (non-hydrogen) atoms. The molecule has 2 rings (SSSR count). The molecule has 2 atom stereocenters. The average Bonchev–Trinajstić information content (AvgIpc) is 2.37. The molecule has 4 N–H and O–H groups in total. The van der Waals surface area contributed by atoms with Crippen LogP contribution in [0.25, 0.3) is 0 Å². The number of anilines is 2. The molecule has 0 spiro atoms. The van der Waals surface area contributed by atoms with Gasteiger partial charge in [-0.3, -0.25) is 9.69 Å². The van der Waals surface area contributed by atoms with Gasteiger partial charge in [-0.15, -0.1) is 0 Å². The fourth-order valence-corrected chi connectivity index (χ4v) is 2.40. The Labute approximate surface area is 117 Å². The lowest BCUT2D eigenvalue weighted by Gasteiger charge is -2.33. The van der Waals surface area contributed by atoms with Gasteiger partial charge in [0.1, 0.15) is 5.82 Å². The number of benzene rings is 1. The van der Waals surface area contributed by atoms with Crippen molar-refractivity contribution in [2.75, 3.05) is 30.7 Å². The molecule has 1 aliphatic heterocycles. The number of carbonyl (C=O) groups excluding carboxylic acids is 1. The maximum absolute atomic E-state index is 12.9. The summed E-state index contributed by atoms with van der Waals surface area (Å²) in [6.45, 7) is 3.59. The second-order valence-electron chi connectivity index (χ2n) is 5.35. The second-order valence-corrected chi connectivity index (χ2v) is 5.35. The number of nitrogens with two attached hydrogens (primary N) is 1. The number of piperidine rings is 1. The van der Waals surface area contributed by atoms with Crippen molar-refractivity contribution in [2.45, 2.75) is 19.4 Å². The molecule has 0 bridgehead atoms. The first-order valence-electron chi connectivity index (χ1n) is 6.71. The first kappa shape index (κ1) is 14.7. The summed E-state index contributed by atoms with van der Waals surface area (Å²) in [7, 11) is 0. The number of nitrogens with zero attached hydrogens (tertiary/aromatic N) is 1. The SMILES string of the molecule is CC1CN(CC(=O)Nc2ccc(F)cc2N)CCC1O. The summed E-state index contributed by atoms with van der Waals surface area (Å²) in [5.41, 5.74) is 6.27. The van der Waals surface area contributed by atoms with Crippen molar-refractivity contribution in [1.82, 2.24) is 4.90 Å². The first-order valence-corrected chi connectivity index (χ1v) is 6.71. The van der Waals surface area contributed by atoms with Crippen molar-refractivity contribution in [1.29, 1.82) is 0 Å². The zero-order valence-corrected chi connectivity index (χ0v) is 11.5. The molecule has 1 aliphatic rings. The van der Waals surface area contributed by atoms with Crippen LogP contribution in [0.4, 0.5) is 15.8 Å². The van der Waals surface area contributed by atoms with Crippen molar-refractivity contribution in [3.63, 3.8) is 0 Å². The van der Waals surface area contributed by atoms with E-state index in [1.807, 2.05) is 11.8 Å². The van der Waals surface area contributed by atoms with E-state index in [0.29, 0.717) is 25.2 Å². The predicted octanol–water partition coefficient (Wildman–Crippen LogP) is 1.05. The van der Waals surface area contributed by atoms with Gasteiger partial charge in [-0.25, -0.2) is 4.39 Å². The average molecular weight is 281 g/mol. The number of hydrogen-bond donors (Lipinski definition) is 3. The lowest BCUT2D eigenvalue weighted by molar-refractivity contribution is -0.118. The predicted molar refractivity (Wildman–Crippen MR) is 75.7 cm³/mol. The molecule has 110 valence electrons. The van der Waals surface area contributed by atoms with Crippen LogP contribution in [0.1, 0.15) is 13.3 Å². The molecule has 0 radical (unpaired) electrons. The number of hydrogen-bond acceptors (Lipinski definition) is 4. The van der Waals surface area contributed by atoms with Crippen LogP contribution in [0.5, 0.6) is 0 Å². The van der Waals surface area contributed by atoms with E-state index in [2.05, 4.69) is 5.32 Å². The molecular weight excluding hydrogens is 261 g/mol. The summed E-state index contributed by atoms with van der Waals surface area (Å²) in [5, 5.41) is 12.3. The van der Waals surface area contributed by atoms with Gasteiger partial charge in [-0.2, -0.15) is 0 Å². The molecule has 1 aromatic rings. The molecule has 1 heterocycles. The fourth-order valence-electron chi connectivity index (χ4n) is 2.40. The molecular formula is C14H20FN3O2. The maximum atomic E-state index is 12.9. The summed E-state index contributed by atoms with van der Waals surface area (Å²) in [5.74, 6) is -0.460. The van der Waals surface area contributed by atoms with Crippen molar-refractivity contribution in [3.05, 3.63) is 24.0 Å². The molecule has 1 fully saturated rings. The highest BCUT2D eigenvalue weighted by Crippen LogP contribution is 2.20. The lowest BCUT2D eigenvalue weighted by Crippen LogP contribution is -2.45. The minimum absolute atomic E-state index is 0.160. The van der Waals surface area contributed by atoms with Gasteiger partial charge >= 0.3 is 0 Å². The number of rotatable bonds is 3. The Kier molecular flexibility index (Phi) is 4.57. The topological polar surface area (TPSA) is 78.6 Å². The molecule has 6 heteroatoms. The van der Waals surface area contributed by atoms with Crippen LogP contribution in [-0.4, -0.2) is 41.7 Å². The molecule has 2 unspecified atom stereocenters. The monoisotopic (exact) mass is 281 g/mol. The fraction of sp³-hybridized carbons (Fsp3) is 0.500. The number of nitrogen functional groups attached to an aromatic ring is 1. The highest BCUT2D eigenvalue weighted by Gasteiger charge is 2.25. The highest BCUT2D eigenvalue weighted by atomic mass is 19.1. The molecule has 0 aromatic heterocycles. The number of halogens is 1. The van der Waals surface area contributed by atoms with Crippen molar-refractivity contribution < 1.29 is 14.3 Å². The van der Waals surface area contributed by atoms with Gasteiger partial charge < -0.3 is 16.2 Å². The largest absolute Gasteiger partial charge is 0.397 e. The van der Waals surface area contributed by atoms with Crippen LogP contribution in [0, 0.1) is 11.7 Å². The summed E-state index contributed by atoms with van der Waals surface area (Å²) in [6, 6.07) is 3.88. The van der Waals surface area contributed by atoms with Gasteiger partial charge in [-0.05, 0) is 30.5 Å². The van der Waals surface area contributed by atoms with E-state index in [-0.39, 0.29) is 30.2 Å². The molecule has 0 aliphatic carbocycles. The summed E-state index contributed by atoms with van der Waals surface area (Å²) in [4.78, 5) is 13.9. The Morgan fingerprint density at radius 1 is 1.60 bits per heavy atom. The molecule has 0 saturated carbocycles. The molecule has 5 nitrogen and oxygen atoms in total. The van der Waals surface area contributed by atoms with Gasteiger partial charge in [0, 0.05) is 13.1 Å². The minimum atomic E-state index is -0.431. The van der Waals surface area contributed by atoms with E-state index in [1.165, 1.54) is 18.2 Å². The van der Waals surface area contributed by atoms with Gasteiger partial charge in [0.05, 0.1) is 24.0 Å². The Hall–Kier alpha value is -1.66. The van der Waals surface area contributed by atoms with Crippen LogP contribution in [0.15, 0.2) is 18.2 Å². The van der Waals surface area contributed by atoms with E-state index in [1.54, 1.807) is 0 Å². The number of amides is 1. The third kappa shape index (κ3) is 3.68. The Morgan fingerprint density at radius 2 is 2.35 bits per heavy atom. The van der Waals surface area contributed by atoms with Gasteiger partial charge in [-0.1, -0.05) is 6.92 Å². The van der Waals surface area contributed by atoms with E-state index < -0.39 is 5.82 Å². The number of nitrogens with one attached hydrogen (secondary N) is 1. The molecule has 1 saturated heterocycles. The lowest BCUT2D eigenvalue weighted by atomic mass is 9.97. The van der Waals surface area contributed by atoms with Gasteiger partial charge in [0.15, 0.2) is 0 Å². The third-order valence-electron chi connectivity index (χ3n) is 3.60. The molecule has 1 amide bonds. The van der Waals surface area contributed by atoms with Crippen molar-refractivity contribution in [3.8, 4) is 0 Å². The molecule has 1 aromatic carbocycles. The van der Waals surface area contributed by atoms with Crippen LogP contribution < -0.4 is 11.1 Å². The number of aliphatic hydroxyl groups is 1. The van der Waals surface area contributed by atoms with E-state index >= 15 is 0 Å². The van der Waals surface area contributed by atoms with Gasteiger partial charge in [0.2, 0.25) is 5.91 Å². The Morgan fingerprint density at radius 3 is 3.00 bits per heavy atom. The highest BCUT2D eigenvalue weighted by molar-refractivity contribution is 5.95. The first-order chi connectivity index (χ1) is 9.45. The Balaban J connectivity index is 1.89. The summed E-state index contributed by atoms with van der Waals surface area (Å²) < 4.78 is 12.9. The second kappa shape index (κ2) is 6.19. The standard InChI is InChI=1S/C14H20FN3O2/c1-9-7-18(5-4-13(9)19)8-14(20)17-12-3-2-10(15)6-11(12)16/h2-3,6,9,13,19H,4-5,7-8,16H2,1H3,(H,17,20). The van der Waals surface area contributed by atoms with Crippen LogP contribution in [-0.2, 0) is 4.79 Å². The van der Waals surface area contributed by atoms with Crippen LogP contribution in [0.3, 0.4) is 0 Å². The van der Waals surface area contributed by atoms with E-state index in [4.69, 9.17) is 5.73 Å². The smallest absolute Gasteiger partial charge is 0.238 e. The minimum Gasteiger partial charge on any atom is -0.397 e. The number of carbonyl (C=O) groups is 1. The summed E-state index contributed by atoms with van der Waals surface area (Å²) in [6.07, 6.45) is 0.384. The normalized spacial score (nSPS) is 23.6. The quantitative estimate of drug-likeness (QED) is 0.724. The van der Waals surface area contributed by atoms with Crippen molar-refractivity contribution in [2.24, 2.45) is 5.92 Å². The van der Waals surface area contributed by atoms with E-state index in [9.17, 15) is 14.3 Å². The summed E-state index contributed by atoms with van der Waals surface area (Å²) >= 11 is 0. The van der Waals surface area contributed by atoms with Crippen molar-refractivity contribution >= 4 is 17.3 Å². The zero-order valence-electron chi connectivity index (χ0n) is 11.5. The number of aliphatic hydroxyl groups excluding tert-OH is 1. The van der Waals surface area contributed by atoms with Crippen LogP contribution >= 0.6 is 0 Å². The van der Waals surface area contributed by atoms with Gasteiger partial charge in [0.25, 0.3) is 0 Å². The van der Waals surface area contributed by atoms with Crippen LogP contribution in [0.2, 0.25) is 0 Å². The zero-order chi connectivity index (χ0) is 14.7. The third-order valence-corrected chi connectivity index (χ3v) is 3.60. The Bertz CT molecular complexity index is 495. The maximum Gasteiger partial charge on any atom is 0.238 e. The van der Waals surface area contributed by atoms with E-state index in [0.717, 1.165) is 0 Å². The number of likely N-dealkylation sites (tertiary alicyclic amines) is 1.